The van der Waals surface area contributed by atoms with E-state index in [1.807, 2.05) is 0 Å². The molecule has 0 spiro atoms. The molecule has 1 aliphatic heterocycles. The van der Waals surface area contributed by atoms with Gasteiger partial charge in [0.25, 0.3) is 0 Å². The topological polar surface area (TPSA) is 15.3 Å². The number of halogens is 1. The fraction of sp³-hybridized carbons (Fsp3) is 0.647. The molecule has 0 radical (unpaired) electrons. The van der Waals surface area contributed by atoms with Gasteiger partial charge in [-0.15, -0.1) is 0 Å². The van der Waals surface area contributed by atoms with Crippen molar-refractivity contribution in [2.75, 3.05) is 31.1 Å². The summed E-state index contributed by atoms with van der Waals surface area (Å²) in [5.74, 6) is 3.29. The summed E-state index contributed by atoms with van der Waals surface area (Å²) in [4.78, 5) is 2.58. The first-order valence-corrected chi connectivity index (χ1v) is 9.88. The van der Waals surface area contributed by atoms with Gasteiger partial charge in [0.2, 0.25) is 0 Å². The summed E-state index contributed by atoms with van der Waals surface area (Å²) in [6.45, 7) is 10.0. The Balaban J connectivity index is 1.88. The molecule has 118 valence electrons. The predicted molar refractivity (Wildman–Crippen MR) is 97.9 cm³/mol. The van der Waals surface area contributed by atoms with E-state index in [0.29, 0.717) is 5.92 Å². The van der Waals surface area contributed by atoms with Crippen molar-refractivity contribution < 1.29 is 0 Å². The highest BCUT2D eigenvalue weighted by Gasteiger charge is 2.11. The summed E-state index contributed by atoms with van der Waals surface area (Å²) < 4.78 is 1.25. The van der Waals surface area contributed by atoms with Crippen LogP contribution in [0.4, 0.5) is 0 Å². The van der Waals surface area contributed by atoms with Gasteiger partial charge in [0.1, 0.15) is 0 Å². The molecule has 1 aromatic rings. The van der Waals surface area contributed by atoms with Crippen molar-refractivity contribution in [3.8, 4) is 0 Å². The van der Waals surface area contributed by atoms with Crippen LogP contribution in [-0.4, -0.2) is 36.0 Å². The van der Waals surface area contributed by atoms with Gasteiger partial charge in [0, 0.05) is 29.9 Å². The summed E-state index contributed by atoms with van der Waals surface area (Å²) in [6, 6.07) is 6.82. The van der Waals surface area contributed by atoms with Crippen LogP contribution in [0.2, 0.25) is 0 Å². The summed E-state index contributed by atoms with van der Waals surface area (Å²) >= 11 is 5.84. The molecule has 1 aliphatic rings. The molecular formula is C17H27BrN2S. The van der Waals surface area contributed by atoms with Crippen molar-refractivity contribution in [3.63, 3.8) is 0 Å². The van der Waals surface area contributed by atoms with Crippen molar-refractivity contribution in [1.82, 2.24) is 10.2 Å². The molecule has 1 aromatic carbocycles. The number of hydrogen-bond donors (Lipinski definition) is 1. The Labute approximate surface area is 142 Å². The van der Waals surface area contributed by atoms with Crippen molar-refractivity contribution in [2.24, 2.45) is 5.92 Å². The van der Waals surface area contributed by atoms with Crippen LogP contribution in [0.15, 0.2) is 22.7 Å². The van der Waals surface area contributed by atoms with Crippen molar-refractivity contribution >= 4 is 27.7 Å². The molecule has 0 atom stereocenters. The van der Waals surface area contributed by atoms with Crippen LogP contribution in [0.1, 0.15) is 31.4 Å². The van der Waals surface area contributed by atoms with Gasteiger partial charge < -0.3 is 5.32 Å². The average Bonchev–Trinajstić information content (AvgIpc) is 2.70. The van der Waals surface area contributed by atoms with Gasteiger partial charge in [0.15, 0.2) is 0 Å². The first kappa shape index (κ1) is 17.3. The Morgan fingerprint density at radius 1 is 1.29 bits per heavy atom. The van der Waals surface area contributed by atoms with Gasteiger partial charge in [-0.05, 0) is 48.4 Å². The van der Waals surface area contributed by atoms with Crippen LogP contribution in [0.25, 0.3) is 0 Å². The fourth-order valence-corrected chi connectivity index (χ4v) is 4.01. The highest BCUT2D eigenvalue weighted by molar-refractivity contribution is 9.10. The van der Waals surface area contributed by atoms with E-state index in [9.17, 15) is 0 Å². The van der Waals surface area contributed by atoms with Gasteiger partial charge in [0.05, 0.1) is 0 Å². The van der Waals surface area contributed by atoms with Crippen LogP contribution in [0, 0.1) is 5.92 Å². The second-order valence-corrected chi connectivity index (χ2v) is 8.27. The van der Waals surface area contributed by atoms with Gasteiger partial charge in [-0.1, -0.05) is 41.9 Å². The fourth-order valence-electron chi connectivity index (χ4n) is 2.53. The number of hydrogen-bond acceptors (Lipinski definition) is 3. The minimum Gasteiger partial charge on any atom is -0.312 e. The maximum Gasteiger partial charge on any atom is 0.0245 e. The van der Waals surface area contributed by atoms with Gasteiger partial charge in [-0.2, -0.15) is 11.8 Å². The molecule has 0 saturated carbocycles. The van der Waals surface area contributed by atoms with Gasteiger partial charge >= 0.3 is 0 Å². The number of nitrogens with zero attached hydrogens (tertiary/aromatic N) is 1. The molecule has 1 saturated heterocycles. The Bertz CT molecular complexity index is 429. The van der Waals surface area contributed by atoms with Crippen LogP contribution in [0.3, 0.4) is 0 Å². The molecule has 21 heavy (non-hydrogen) atoms. The summed E-state index contributed by atoms with van der Waals surface area (Å²) in [5, 5.41) is 3.50. The van der Waals surface area contributed by atoms with E-state index in [-0.39, 0.29) is 0 Å². The third-order valence-electron chi connectivity index (χ3n) is 3.71. The molecule has 2 rings (SSSR count). The Morgan fingerprint density at radius 3 is 2.90 bits per heavy atom. The van der Waals surface area contributed by atoms with Crippen molar-refractivity contribution in [2.45, 2.75) is 33.4 Å². The van der Waals surface area contributed by atoms with Gasteiger partial charge in [-0.25, -0.2) is 0 Å². The lowest BCUT2D eigenvalue weighted by molar-refractivity contribution is 0.287. The quantitative estimate of drug-likeness (QED) is 0.809. The first-order chi connectivity index (χ1) is 10.1. The van der Waals surface area contributed by atoms with Gasteiger partial charge in [-0.3, -0.25) is 4.90 Å². The van der Waals surface area contributed by atoms with Crippen LogP contribution >= 0.6 is 27.7 Å². The van der Waals surface area contributed by atoms with Crippen molar-refractivity contribution in [1.29, 1.82) is 0 Å². The highest BCUT2D eigenvalue weighted by atomic mass is 79.9. The minimum absolute atomic E-state index is 0.702. The third-order valence-corrected chi connectivity index (χ3v) is 5.49. The maximum absolute atomic E-state index is 3.75. The smallest absolute Gasteiger partial charge is 0.0245 e. The lowest BCUT2D eigenvalue weighted by Gasteiger charge is -2.20. The minimum atomic E-state index is 0.702. The zero-order valence-electron chi connectivity index (χ0n) is 13.2. The van der Waals surface area contributed by atoms with E-state index < -0.39 is 0 Å². The third kappa shape index (κ3) is 6.31. The molecule has 0 aromatic heterocycles. The molecule has 1 fully saturated rings. The maximum atomic E-state index is 3.75. The summed E-state index contributed by atoms with van der Waals surface area (Å²) in [7, 11) is 0. The predicted octanol–water partition coefficient (Wildman–Crippen LogP) is 4.13. The van der Waals surface area contributed by atoms with Crippen LogP contribution < -0.4 is 5.32 Å². The lowest BCUT2D eigenvalue weighted by Crippen LogP contribution is -2.25. The molecule has 1 heterocycles. The molecule has 0 unspecified atom stereocenters. The van der Waals surface area contributed by atoms with Crippen LogP contribution in [0.5, 0.6) is 0 Å². The molecule has 2 nitrogen and oxygen atoms in total. The number of thioether (sulfide) groups is 1. The van der Waals surface area contributed by atoms with E-state index in [1.165, 1.54) is 46.6 Å². The zero-order valence-corrected chi connectivity index (χ0v) is 15.6. The highest BCUT2D eigenvalue weighted by Crippen LogP contribution is 2.22. The van der Waals surface area contributed by atoms with E-state index >= 15 is 0 Å². The van der Waals surface area contributed by atoms with E-state index in [2.05, 4.69) is 70.0 Å². The molecule has 0 bridgehead atoms. The number of rotatable bonds is 6. The van der Waals surface area contributed by atoms with Crippen LogP contribution in [-0.2, 0) is 13.1 Å². The molecule has 1 N–H and O–H groups in total. The standard InChI is InChI=1S/C17H27BrN2S/c1-14(2)11-19-12-15-4-5-16(17(18)10-15)13-20-6-3-8-21-9-7-20/h4-5,10,14,19H,3,6-9,11-13H2,1-2H3. The Kier molecular flexibility index (Phi) is 7.58. The molecule has 4 heteroatoms. The summed E-state index contributed by atoms with van der Waals surface area (Å²) in [6.07, 6.45) is 1.32. The van der Waals surface area contributed by atoms with E-state index in [0.717, 1.165) is 19.6 Å². The first-order valence-electron chi connectivity index (χ1n) is 7.93. The number of benzene rings is 1. The Hall–Kier alpha value is -0.0300. The average molecular weight is 371 g/mol. The molecular weight excluding hydrogens is 344 g/mol. The second-order valence-electron chi connectivity index (χ2n) is 6.19. The van der Waals surface area contributed by atoms with E-state index in [1.54, 1.807) is 0 Å². The summed E-state index contributed by atoms with van der Waals surface area (Å²) in [5.41, 5.74) is 2.77. The normalized spacial score (nSPS) is 17.1. The lowest BCUT2D eigenvalue weighted by atomic mass is 10.1. The SMILES string of the molecule is CC(C)CNCc1ccc(CN2CCCSCC2)c(Br)c1. The zero-order chi connectivity index (χ0) is 15.1. The molecule has 0 amide bonds. The molecule has 0 aliphatic carbocycles. The second kappa shape index (κ2) is 9.19. The Morgan fingerprint density at radius 2 is 2.14 bits per heavy atom. The van der Waals surface area contributed by atoms with E-state index in [4.69, 9.17) is 0 Å². The largest absolute Gasteiger partial charge is 0.312 e. The monoisotopic (exact) mass is 370 g/mol. The van der Waals surface area contributed by atoms with Crippen molar-refractivity contribution in [3.05, 3.63) is 33.8 Å². The number of nitrogens with one attached hydrogen (secondary N) is 1.